The normalized spacial score (nSPS) is 10.8. The second-order valence-electron chi connectivity index (χ2n) is 5.28. The molecule has 2 heteroatoms. The van der Waals surface area contributed by atoms with Crippen molar-refractivity contribution in [3.8, 4) is 0 Å². The lowest BCUT2D eigenvalue weighted by Crippen LogP contribution is -2.13. The Kier molecular flexibility index (Phi) is 5.33. The van der Waals surface area contributed by atoms with E-state index in [0.29, 0.717) is 6.61 Å². The predicted molar refractivity (Wildman–Crippen MR) is 83.6 cm³/mol. The summed E-state index contributed by atoms with van der Waals surface area (Å²) < 4.78 is 5.16. The van der Waals surface area contributed by atoms with Gasteiger partial charge in [-0.2, -0.15) is 0 Å². The van der Waals surface area contributed by atoms with Crippen molar-refractivity contribution in [2.24, 2.45) is 0 Å². The SMILES string of the molecule is COCc1cccc(CNCc2ccc(C)c(C)c2)c1. The van der Waals surface area contributed by atoms with Gasteiger partial charge in [0.05, 0.1) is 6.61 Å². The first-order chi connectivity index (χ1) is 9.69. The van der Waals surface area contributed by atoms with Crippen LogP contribution < -0.4 is 5.32 Å². The molecule has 2 rings (SSSR count). The maximum atomic E-state index is 5.16. The molecule has 0 radical (unpaired) electrons. The van der Waals surface area contributed by atoms with Gasteiger partial charge in [0, 0.05) is 20.2 Å². The van der Waals surface area contributed by atoms with Crippen molar-refractivity contribution in [1.82, 2.24) is 5.32 Å². The van der Waals surface area contributed by atoms with Gasteiger partial charge >= 0.3 is 0 Å². The molecule has 0 aromatic heterocycles. The number of benzene rings is 2. The highest BCUT2D eigenvalue weighted by atomic mass is 16.5. The van der Waals surface area contributed by atoms with Crippen LogP contribution in [0, 0.1) is 13.8 Å². The molecule has 0 atom stereocenters. The Hall–Kier alpha value is -1.64. The van der Waals surface area contributed by atoms with E-state index in [4.69, 9.17) is 4.74 Å². The third kappa shape index (κ3) is 4.19. The van der Waals surface area contributed by atoms with Gasteiger partial charge in [0.15, 0.2) is 0 Å². The minimum absolute atomic E-state index is 0.672. The van der Waals surface area contributed by atoms with Crippen LogP contribution in [-0.4, -0.2) is 7.11 Å². The molecule has 0 aliphatic heterocycles. The van der Waals surface area contributed by atoms with Crippen molar-refractivity contribution < 1.29 is 4.74 Å². The molecule has 0 saturated heterocycles. The largest absolute Gasteiger partial charge is 0.380 e. The second-order valence-corrected chi connectivity index (χ2v) is 5.28. The summed E-state index contributed by atoms with van der Waals surface area (Å²) >= 11 is 0. The maximum Gasteiger partial charge on any atom is 0.0713 e. The Morgan fingerprint density at radius 1 is 0.850 bits per heavy atom. The summed E-state index contributed by atoms with van der Waals surface area (Å²) in [5.74, 6) is 0. The first-order valence-corrected chi connectivity index (χ1v) is 7.02. The zero-order valence-corrected chi connectivity index (χ0v) is 12.6. The number of nitrogens with one attached hydrogen (secondary N) is 1. The van der Waals surface area contributed by atoms with E-state index in [9.17, 15) is 0 Å². The zero-order valence-electron chi connectivity index (χ0n) is 12.6. The molecule has 0 bridgehead atoms. The van der Waals surface area contributed by atoms with E-state index in [0.717, 1.165) is 13.1 Å². The Labute approximate surface area is 121 Å². The number of methoxy groups -OCH3 is 1. The van der Waals surface area contributed by atoms with Crippen LogP contribution in [0.1, 0.15) is 27.8 Å². The van der Waals surface area contributed by atoms with E-state index in [-0.39, 0.29) is 0 Å². The standard InChI is InChI=1S/C18H23NO/c1-14-7-8-17(9-15(14)2)12-19-11-16-5-4-6-18(10-16)13-20-3/h4-10,19H,11-13H2,1-3H3. The quantitative estimate of drug-likeness (QED) is 0.862. The Balaban J connectivity index is 1.89. The number of ether oxygens (including phenoxy) is 1. The molecule has 0 saturated carbocycles. The van der Waals surface area contributed by atoms with Crippen molar-refractivity contribution in [2.75, 3.05) is 7.11 Å². The van der Waals surface area contributed by atoms with Crippen molar-refractivity contribution in [3.63, 3.8) is 0 Å². The molecule has 0 fully saturated rings. The van der Waals surface area contributed by atoms with Crippen LogP contribution in [0.5, 0.6) is 0 Å². The Morgan fingerprint density at radius 3 is 2.25 bits per heavy atom. The van der Waals surface area contributed by atoms with E-state index < -0.39 is 0 Å². The van der Waals surface area contributed by atoms with Gasteiger partial charge in [-0.15, -0.1) is 0 Å². The van der Waals surface area contributed by atoms with Crippen LogP contribution in [0.4, 0.5) is 0 Å². The van der Waals surface area contributed by atoms with Gasteiger partial charge < -0.3 is 10.1 Å². The minimum atomic E-state index is 0.672. The number of hydrogen-bond acceptors (Lipinski definition) is 2. The first-order valence-electron chi connectivity index (χ1n) is 7.02. The Bertz CT molecular complexity index is 563. The first kappa shape index (κ1) is 14.8. The monoisotopic (exact) mass is 269 g/mol. The molecule has 0 spiro atoms. The van der Waals surface area contributed by atoms with Crippen molar-refractivity contribution in [3.05, 3.63) is 70.3 Å². The van der Waals surface area contributed by atoms with Crippen LogP contribution >= 0.6 is 0 Å². The summed E-state index contributed by atoms with van der Waals surface area (Å²) in [7, 11) is 1.73. The Morgan fingerprint density at radius 2 is 1.55 bits per heavy atom. The van der Waals surface area contributed by atoms with Crippen LogP contribution in [-0.2, 0) is 24.4 Å². The van der Waals surface area contributed by atoms with E-state index in [1.54, 1.807) is 7.11 Å². The summed E-state index contributed by atoms with van der Waals surface area (Å²) in [5.41, 5.74) is 6.55. The van der Waals surface area contributed by atoms with Gasteiger partial charge in [0.2, 0.25) is 0 Å². The molecule has 0 heterocycles. The lowest BCUT2D eigenvalue weighted by atomic mass is 10.1. The lowest BCUT2D eigenvalue weighted by molar-refractivity contribution is 0.185. The van der Waals surface area contributed by atoms with Gasteiger partial charge in [-0.1, -0.05) is 42.5 Å². The van der Waals surface area contributed by atoms with E-state index in [1.807, 2.05) is 0 Å². The molecule has 0 amide bonds. The average Bonchev–Trinajstić information content (AvgIpc) is 2.44. The highest BCUT2D eigenvalue weighted by molar-refractivity contribution is 5.30. The van der Waals surface area contributed by atoms with Gasteiger partial charge in [0.25, 0.3) is 0 Å². The minimum Gasteiger partial charge on any atom is -0.380 e. The summed E-state index contributed by atoms with van der Waals surface area (Å²) in [6, 6.07) is 15.1. The third-order valence-corrected chi connectivity index (χ3v) is 3.53. The number of hydrogen-bond donors (Lipinski definition) is 1. The molecular formula is C18H23NO. The smallest absolute Gasteiger partial charge is 0.0713 e. The fraction of sp³-hybridized carbons (Fsp3) is 0.333. The lowest BCUT2D eigenvalue weighted by Gasteiger charge is -2.08. The van der Waals surface area contributed by atoms with Gasteiger partial charge in [0.1, 0.15) is 0 Å². The van der Waals surface area contributed by atoms with Crippen LogP contribution in [0.15, 0.2) is 42.5 Å². The fourth-order valence-electron chi connectivity index (χ4n) is 2.26. The zero-order chi connectivity index (χ0) is 14.4. The highest BCUT2D eigenvalue weighted by Crippen LogP contribution is 2.10. The predicted octanol–water partition coefficient (Wildman–Crippen LogP) is 3.74. The average molecular weight is 269 g/mol. The van der Waals surface area contributed by atoms with Crippen LogP contribution in [0.2, 0.25) is 0 Å². The third-order valence-electron chi connectivity index (χ3n) is 3.53. The maximum absolute atomic E-state index is 5.16. The number of rotatable bonds is 6. The topological polar surface area (TPSA) is 21.3 Å². The molecule has 106 valence electrons. The molecule has 0 aliphatic rings. The summed E-state index contributed by atoms with van der Waals surface area (Å²) in [6.07, 6.45) is 0. The molecular weight excluding hydrogens is 246 g/mol. The molecule has 2 aromatic rings. The van der Waals surface area contributed by atoms with E-state index in [2.05, 4.69) is 61.6 Å². The van der Waals surface area contributed by atoms with E-state index in [1.165, 1.54) is 27.8 Å². The van der Waals surface area contributed by atoms with Crippen molar-refractivity contribution in [2.45, 2.75) is 33.5 Å². The number of aryl methyl sites for hydroxylation is 2. The molecule has 2 aromatic carbocycles. The summed E-state index contributed by atoms with van der Waals surface area (Å²) in [5, 5.41) is 3.49. The van der Waals surface area contributed by atoms with Crippen LogP contribution in [0.25, 0.3) is 0 Å². The molecule has 2 nitrogen and oxygen atoms in total. The molecule has 20 heavy (non-hydrogen) atoms. The van der Waals surface area contributed by atoms with Gasteiger partial charge in [-0.25, -0.2) is 0 Å². The second kappa shape index (κ2) is 7.22. The fourth-order valence-corrected chi connectivity index (χ4v) is 2.26. The summed E-state index contributed by atoms with van der Waals surface area (Å²) in [4.78, 5) is 0. The summed E-state index contributed by atoms with van der Waals surface area (Å²) in [6.45, 7) is 6.76. The molecule has 1 N–H and O–H groups in total. The van der Waals surface area contributed by atoms with Gasteiger partial charge in [-0.05, 0) is 41.7 Å². The van der Waals surface area contributed by atoms with E-state index >= 15 is 0 Å². The van der Waals surface area contributed by atoms with Gasteiger partial charge in [-0.3, -0.25) is 0 Å². The van der Waals surface area contributed by atoms with Crippen molar-refractivity contribution in [1.29, 1.82) is 0 Å². The molecule has 0 unspecified atom stereocenters. The molecule has 0 aliphatic carbocycles. The van der Waals surface area contributed by atoms with Crippen molar-refractivity contribution >= 4 is 0 Å². The highest BCUT2D eigenvalue weighted by Gasteiger charge is 1.98. The van der Waals surface area contributed by atoms with Crippen LogP contribution in [0.3, 0.4) is 0 Å².